The van der Waals surface area contributed by atoms with E-state index in [0.717, 1.165) is 51.9 Å². The highest BCUT2D eigenvalue weighted by atomic mass is 16.6. The maximum Gasteiger partial charge on any atom is 0.336 e. The minimum atomic E-state index is -2.78. The molecule has 0 bridgehead atoms. The third-order valence-corrected chi connectivity index (χ3v) is 9.53. The molecule has 1 atom stereocenters. The van der Waals surface area contributed by atoms with Crippen molar-refractivity contribution in [3.63, 3.8) is 0 Å². The number of aliphatic hydroxyl groups is 1. The summed E-state index contributed by atoms with van der Waals surface area (Å²) >= 11 is 0. The van der Waals surface area contributed by atoms with Crippen LogP contribution in [0.5, 0.6) is 0 Å². The Bertz CT molecular complexity index is 1470. The Morgan fingerprint density at radius 1 is 0.352 bits per heavy atom. The van der Waals surface area contributed by atoms with Crippen molar-refractivity contribution in [3.8, 4) is 0 Å². The van der Waals surface area contributed by atoms with E-state index in [9.17, 15) is 57.8 Å². The summed E-state index contributed by atoms with van der Waals surface area (Å²) in [6.45, 7) is 3.17. The van der Waals surface area contributed by atoms with Crippen molar-refractivity contribution < 1.29 is 109 Å². The van der Waals surface area contributed by atoms with Gasteiger partial charge in [-0.1, -0.05) is 103 Å². The van der Waals surface area contributed by atoms with Gasteiger partial charge in [0, 0.05) is 51.9 Å². The smallest absolute Gasteiger partial charge is 0.336 e. The lowest BCUT2D eigenvalue weighted by atomic mass is 9.96. The van der Waals surface area contributed by atoms with Gasteiger partial charge in [0.15, 0.2) is 5.60 Å². The molecular weight excluding hydrogens is 941 g/mol. The molecular formula is C49H84O22. The molecule has 22 heteroatoms. The van der Waals surface area contributed by atoms with Gasteiger partial charge in [-0.2, -0.15) is 0 Å². The fraction of sp³-hybridized carbons (Fsp3) is 0.735. The maximum absolute atomic E-state index is 10.9. The quantitative estimate of drug-likeness (QED) is 0.0118. The van der Waals surface area contributed by atoms with Crippen molar-refractivity contribution in [1.29, 1.82) is 0 Å². The van der Waals surface area contributed by atoms with Gasteiger partial charge >= 0.3 is 65.7 Å². The second kappa shape index (κ2) is 53.4. The minimum Gasteiger partial charge on any atom is -0.481 e. The first kappa shape index (κ1) is 74.0. The van der Waals surface area contributed by atoms with Gasteiger partial charge < -0.3 is 55.8 Å². The summed E-state index contributed by atoms with van der Waals surface area (Å²) in [5.74, 6) is -11.3. The van der Waals surface area contributed by atoms with Gasteiger partial charge in [0.2, 0.25) is 0 Å². The van der Waals surface area contributed by atoms with E-state index in [1.54, 1.807) is 0 Å². The van der Waals surface area contributed by atoms with Crippen LogP contribution in [0.15, 0.2) is 12.2 Å². The van der Waals surface area contributed by atoms with E-state index in [1.807, 2.05) is 0 Å². The van der Waals surface area contributed by atoms with Gasteiger partial charge in [-0.3, -0.25) is 47.9 Å². The van der Waals surface area contributed by atoms with Crippen molar-refractivity contribution in [2.24, 2.45) is 0 Å². The predicted molar refractivity (Wildman–Crippen MR) is 258 cm³/mol. The maximum atomic E-state index is 10.9. The number of rotatable bonds is 40. The van der Waals surface area contributed by atoms with Crippen LogP contribution in [0.25, 0.3) is 0 Å². The minimum absolute atomic E-state index is 0.0628. The van der Waals surface area contributed by atoms with Crippen LogP contribution in [0.2, 0.25) is 0 Å². The zero-order chi connectivity index (χ0) is 55.3. The summed E-state index contributed by atoms with van der Waals surface area (Å²) < 4.78 is 3.98. The molecule has 71 heavy (non-hydrogen) atoms. The van der Waals surface area contributed by atoms with Gasteiger partial charge in [0.05, 0.1) is 12.8 Å². The van der Waals surface area contributed by atoms with Crippen LogP contribution in [0, 0.1) is 0 Å². The van der Waals surface area contributed by atoms with Crippen LogP contribution < -0.4 is 0 Å². The highest BCUT2D eigenvalue weighted by Crippen LogP contribution is 2.17. The van der Waals surface area contributed by atoms with E-state index in [0.29, 0.717) is 44.9 Å². The Balaban J connectivity index is -0.000000261. The summed E-state index contributed by atoms with van der Waals surface area (Å²) in [6.07, 6.45) is 27.8. The molecule has 0 saturated heterocycles. The number of carbonyl (C=O) groups is 11. The number of hydrogen-bond donors (Lipinski definition) is 10. The summed E-state index contributed by atoms with van der Waals surface area (Å²) in [5, 5.41) is 84.2. The summed E-state index contributed by atoms with van der Waals surface area (Å²) in [5.41, 5.74) is -2.78. The molecule has 0 aliphatic heterocycles. The molecule has 412 valence electrons. The monoisotopic (exact) mass is 1020 g/mol. The van der Waals surface area contributed by atoms with Crippen molar-refractivity contribution in [2.45, 2.75) is 231 Å². The van der Waals surface area contributed by atoms with Gasteiger partial charge in [-0.05, 0) is 70.6 Å². The molecule has 22 nitrogen and oxygen atoms in total. The van der Waals surface area contributed by atoms with E-state index >= 15 is 0 Å². The number of carbonyl (C=O) groups excluding carboxylic acids is 2. The fourth-order valence-electron chi connectivity index (χ4n) is 5.79. The average molecular weight is 1030 g/mol. The van der Waals surface area contributed by atoms with Crippen LogP contribution in [-0.2, 0) is 57.5 Å². The molecule has 0 heterocycles. The highest BCUT2D eigenvalue weighted by Gasteiger charge is 2.41. The Labute approximate surface area is 416 Å². The molecule has 0 aliphatic carbocycles. The lowest BCUT2D eigenvalue weighted by molar-refractivity contribution is -0.174. The van der Waals surface area contributed by atoms with Crippen LogP contribution >= 0.6 is 0 Å². The largest absolute Gasteiger partial charge is 0.481 e. The molecule has 0 aromatic carbocycles. The Kier molecular flexibility index (Phi) is 55.7. The Morgan fingerprint density at radius 3 is 0.817 bits per heavy atom. The van der Waals surface area contributed by atoms with Gasteiger partial charge in [-0.15, -0.1) is 0 Å². The second-order valence-corrected chi connectivity index (χ2v) is 16.5. The van der Waals surface area contributed by atoms with Crippen molar-refractivity contribution in [3.05, 3.63) is 12.2 Å². The third kappa shape index (κ3) is 75.8. The first-order valence-corrected chi connectivity index (χ1v) is 24.4. The molecule has 0 aliphatic rings. The molecule has 1 unspecified atom stereocenters. The Morgan fingerprint density at radius 2 is 0.592 bits per heavy atom. The zero-order valence-corrected chi connectivity index (χ0v) is 41.9. The predicted octanol–water partition coefficient (Wildman–Crippen LogP) is 8.96. The first-order valence-electron chi connectivity index (χ1n) is 24.4. The molecule has 0 radical (unpaired) electrons. The number of ether oxygens (including phenoxy) is 1. The summed E-state index contributed by atoms with van der Waals surface area (Å²) in [4.78, 5) is 113. The third-order valence-electron chi connectivity index (χ3n) is 9.53. The number of carboxylic acid groups (broad SMARTS) is 9. The number of carboxylic acids is 9. The standard InChI is InChI=1S/C18H34O2.C9H16O4.C8H10O8.C8H14O4.C6H10O4/c1-2-3-4-5-6-7-8-9-10-11-12-13-14-15-16-17-18(19)20;10-8(11)6-4-2-1-3-5-7-9(12)13;1-4(9)16-6(12)3-8(15,7(13)14)2-5(10)11;9-7(10)5-3-1-2-4-6-8(11)12;7-5(8)3-1-2-4-6(9)10/h9-10H,2-8,11-17H2,1H3,(H,19,20);1-7H2,(H,10,11)(H,12,13);15H,2-3H2,1H3,(H,10,11)(H,13,14);1-6H2,(H,9,10)(H,11,12);1-4H2,(H,7,8)(H,9,10). The zero-order valence-electron chi connectivity index (χ0n) is 41.9. The van der Waals surface area contributed by atoms with Crippen molar-refractivity contribution in [1.82, 2.24) is 0 Å². The topological polar surface area (TPSA) is 399 Å². The fourth-order valence-corrected chi connectivity index (χ4v) is 5.79. The lowest BCUT2D eigenvalue weighted by Gasteiger charge is -2.19. The molecule has 0 aromatic heterocycles. The highest BCUT2D eigenvalue weighted by molar-refractivity contribution is 5.91. The van der Waals surface area contributed by atoms with E-state index in [1.165, 1.54) is 70.6 Å². The van der Waals surface area contributed by atoms with E-state index < -0.39 is 84.1 Å². The van der Waals surface area contributed by atoms with Gasteiger partial charge in [0.1, 0.15) is 0 Å². The normalized spacial score (nSPS) is 11.0. The molecule has 10 N–H and O–H groups in total. The number of hydrogen-bond acceptors (Lipinski definition) is 13. The van der Waals surface area contributed by atoms with Crippen LogP contribution in [-0.4, -0.2) is 122 Å². The Hall–Kier alpha value is -5.93. The lowest BCUT2D eigenvalue weighted by Crippen LogP contribution is -2.43. The number of unbranched alkanes of at least 4 members (excludes halogenated alkanes) is 19. The second-order valence-electron chi connectivity index (χ2n) is 16.5. The molecule has 0 fully saturated rings. The average Bonchev–Trinajstić information content (AvgIpc) is 3.24. The molecule has 0 amide bonds. The van der Waals surface area contributed by atoms with Crippen LogP contribution in [0.4, 0.5) is 0 Å². The summed E-state index contributed by atoms with van der Waals surface area (Å²) in [6, 6.07) is 0. The molecule has 0 rings (SSSR count). The number of esters is 2. The molecule has 0 saturated carbocycles. The molecule has 0 spiro atoms. The van der Waals surface area contributed by atoms with Crippen molar-refractivity contribution >= 4 is 65.7 Å². The van der Waals surface area contributed by atoms with E-state index in [-0.39, 0.29) is 38.5 Å². The number of allylic oxidation sites excluding steroid dienone is 2. The van der Waals surface area contributed by atoms with E-state index in [4.69, 9.17) is 46.0 Å². The molecule has 0 aromatic rings. The van der Waals surface area contributed by atoms with Crippen molar-refractivity contribution in [2.75, 3.05) is 0 Å². The SMILES string of the molecule is CC(=O)OC(=O)CC(O)(CC(=O)O)C(=O)O.CCCCCCCCC=CCCCCCCCC(=O)O.O=C(O)CCCCC(=O)O.O=C(O)CCCCCCC(=O)O.O=C(O)CCCCCCCC(=O)O. The van der Waals surface area contributed by atoms with Gasteiger partial charge in [-0.25, -0.2) is 4.79 Å². The van der Waals surface area contributed by atoms with E-state index in [2.05, 4.69) is 23.8 Å². The number of aliphatic carboxylic acids is 9. The van der Waals surface area contributed by atoms with Crippen LogP contribution in [0.3, 0.4) is 0 Å². The summed E-state index contributed by atoms with van der Waals surface area (Å²) in [7, 11) is 0. The van der Waals surface area contributed by atoms with Crippen LogP contribution in [0.1, 0.15) is 226 Å². The first-order chi connectivity index (χ1) is 33.3. The van der Waals surface area contributed by atoms with Gasteiger partial charge in [0.25, 0.3) is 0 Å².